The van der Waals surface area contributed by atoms with Crippen molar-refractivity contribution in [2.24, 2.45) is 0 Å². The molecule has 0 unspecified atom stereocenters. The van der Waals surface area contributed by atoms with Crippen molar-refractivity contribution in [1.82, 2.24) is 24.5 Å². The Morgan fingerprint density at radius 3 is 2.52 bits per heavy atom. The fourth-order valence-electron chi connectivity index (χ4n) is 2.33. The predicted octanol–water partition coefficient (Wildman–Crippen LogP) is 0.766. The summed E-state index contributed by atoms with van der Waals surface area (Å²) in [6.45, 7) is 1.48. The maximum atomic E-state index is 12.1. The van der Waals surface area contributed by atoms with Crippen molar-refractivity contribution in [1.29, 1.82) is 0 Å². The van der Waals surface area contributed by atoms with E-state index in [-0.39, 0.29) is 12.3 Å². The van der Waals surface area contributed by atoms with E-state index < -0.39 is 10.0 Å². The van der Waals surface area contributed by atoms with Crippen molar-refractivity contribution in [2.75, 3.05) is 18.8 Å². The van der Waals surface area contributed by atoms with Gasteiger partial charge in [-0.25, -0.2) is 12.7 Å². The van der Waals surface area contributed by atoms with E-state index in [2.05, 4.69) is 15.4 Å². The number of hydrogen-bond acceptors (Lipinski definition) is 5. The summed E-state index contributed by atoms with van der Waals surface area (Å²) in [4.78, 5) is 1.34. The minimum atomic E-state index is -3.21. The van der Waals surface area contributed by atoms with Gasteiger partial charge < -0.3 is 0 Å². The number of aromatic nitrogens is 4. The summed E-state index contributed by atoms with van der Waals surface area (Å²) in [5, 5.41) is 12.1. The molecule has 0 bridgehead atoms. The number of aryl methyl sites for hydroxylation is 1. The molecule has 21 heavy (non-hydrogen) atoms. The average Bonchev–Trinajstić information content (AvgIpc) is 3.18. The van der Waals surface area contributed by atoms with E-state index in [9.17, 15) is 8.42 Å². The second kappa shape index (κ2) is 5.90. The van der Waals surface area contributed by atoms with Crippen LogP contribution in [0, 0.1) is 0 Å². The van der Waals surface area contributed by atoms with Crippen molar-refractivity contribution < 1.29 is 8.42 Å². The normalized spacial score (nSPS) is 16.4. The SMILES string of the molecule is O=S(=O)(CCn1nnc(-c2ccccc2)n1)N1CCCC1. The molecule has 8 heteroatoms. The van der Waals surface area contributed by atoms with E-state index >= 15 is 0 Å². The highest BCUT2D eigenvalue weighted by molar-refractivity contribution is 7.89. The minimum Gasteiger partial charge on any atom is -0.212 e. The summed E-state index contributed by atoms with van der Waals surface area (Å²) in [5.74, 6) is 0.520. The number of tetrazole rings is 1. The lowest BCUT2D eigenvalue weighted by Crippen LogP contribution is -2.32. The van der Waals surface area contributed by atoms with E-state index in [1.165, 1.54) is 4.80 Å². The summed E-state index contributed by atoms with van der Waals surface area (Å²) < 4.78 is 25.8. The van der Waals surface area contributed by atoms with Gasteiger partial charge in [-0.3, -0.25) is 0 Å². The molecule has 1 fully saturated rings. The molecule has 1 aliphatic rings. The Labute approximate surface area is 123 Å². The fraction of sp³-hybridized carbons (Fsp3) is 0.462. The predicted molar refractivity (Wildman–Crippen MR) is 77.8 cm³/mol. The molecule has 1 aliphatic heterocycles. The van der Waals surface area contributed by atoms with Gasteiger partial charge in [0.15, 0.2) is 0 Å². The molecule has 1 aromatic carbocycles. The molecule has 0 N–H and O–H groups in total. The summed E-state index contributed by atoms with van der Waals surface area (Å²) in [6, 6.07) is 9.49. The maximum absolute atomic E-state index is 12.1. The monoisotopic (exact) mass is 307 g/mol. The van der Waals surface area contributed by atoms with Gasteiger partial charge in [0.05, 0.1) is 12.3 Å². The lowest BCUT2D eigenvalue weighted by Gasteiger charge is -2.14. The third kappa shape index (κ3) is 3.27. The lowest BCUT2D eigenvalue weighted by atomic mass is 10.2. The van der Waals surface area contributed by atoms with Gasteiger partial charge in [-0.05, 0) is 18.1 Å². The molecule has 7 nitrogen and oxygen atoms in total. The van der Waals surface area contributed by atoms with Crippen molar-refractivity contribution in [3.05, 3.63) is 30.3 Å². The van der Waals surface area contributed by atoms with Gasteiger partial charge in [0, 0.05) is 18.7 Å². The Kier molecular flexibility index (Phi) is 3.98. The Bertz CT molecular complexity index is 692. The van der Waals surface area contributed by atoms with Gasteiger partial charge in [0.2, 0.25) is 15.8 Å². The zero-order valence-electron chi connectivity index (χ0n) is 11.6. The van der Waals surface area contributed by atoms with Crippen molar-refractivity contribution in [3.63, 3.8) is 0 Å². The van der Waals surface area contributed by atoms with Crippen LogP contribution in [-0.4, -0.2) is 51.8 Å². The first-order valence-corrected chi connectivity index (χ1v) is 8.57. The second-order valence-corrected chi connectivity index (χ2v) is 7.09. The maximum Gasteiger partial charge on any atom is 0.215 e. The third-order valence-electron chi connectivity index (χ3n) is 3.49. The first kappa shape index (κ1) is 14.2. The van der Waals surface area contributed by atoms with Crippen LogP contribution in [-0.2, 0) is 16.6 Å². The highest BCUT2D eigenvalue weighted by Crippen LogP contribution is 2.14. The smallest absolute Gasteiger partial charge is 0.212 e. The molecule has 0 radical (unpaired) electrons. The molecule has 2 aromatic rings. The second-order valence-electron chi connectivity index (χ2n) is 5.00. The number of hydrogen-bond donors (Lipinski definition) is 0. The van der Waals surface area contributed by atoms with E-state index in [1.807, 2.05) is 30.3 Å². The van der Waals surface area contributed by atoms with Crippen molar-refractivity contribution in [3.8, 4) is 11.4 Å². The molecular weight excluding hydrogens is 290 g/mol. The van der Waals surface area contributed by atoms with Crippen LogP contribution in [0.25, 0.3) is 11.4 Å². The van der Waals surface area contributed by atoms with Gasteiger partial charge in [0.1, 0.15) is 0 Å². The highest BCUT2D eigenvalue weighted by atomic mass is 32.2. The molecule has 3 rings (SSSR count). The molecule has 0 atom stereocenters. The molecule has 2 heterocycles. The Balaban J connectivity index is 1.65. The summed E-state index contributed by atoms with van der Waals surface area (Å²) >= 11 is 0. The van der Waals surface area contributed by atoms with Crippen LogP contribution >= 0.6 is 0 Å². The van der Waals surface area contributed by atoms with E-state index in [4.69, 9.17) is 0 Å². The van der Waals surface area contributed by atoms with Crippen LogP contribution in [0.15, 0.2) is 30.3 Å². The van der Waals surface area contributed by atoms with Crippen molar-refractivity contribution >= 4 is 10.0 Å². The first-order valence-electron chi connectivity index (χ1n) is 6.96. The van der Waals surface area contributed by atoms with Gasteiger partial charge in [-0.1, -0.05) is 30.3 Å². The lowest BCUT2D eigenvalue weighted by molar-refractivity contribution is 0.465. The van der Waals surface area contributed by atoms with E-state index in [1.54, 1.807) is 4.31 Å². The van der Waals surface area contributed by atoms with Gasteiger partial charge >= 0.3 is 0 Å². The van der Waals surface area contributed by atoms with Gasteiger partial charge in [-0.15, -0.1) is 10.2 Å². The zero-order valence-corrected chi connectivity index (χ0v) is 12.4. The zero-order chi connectivity index (χ0) is 14.7. The van der Waals surface area contributed by atoms with Crippen molar-refractivity contribution in [2.45, 2.75) is 19.4 Å². The van der Waals surface area contributed by atoms with Crippen LogP contribution in [0.2, 0.25) is 0 Å². The number of nitrogens with zero attached hydrogens (tertiary/aromatic N) is 5. The van der Waals surface area contributed by atoms with E-state index in [0.717, 1.165) is 18.4 Å². The third-order valence-corrected chi connectivity index (χ3v) is 5.34. The molecule has 0 spiro atoms. The van der Waals surface area contributed by atoms with Crippen LogP contribution < -0.4 is 0 Å². The summed E-state index contributed by atoms with van der Waals surface area (Å²) in [7, 11) is -3.21. The fourth-order valence-corrected chi connectivity index (χ4v) is 3.80. The van der Waals surface area contributed by atoms with Crippen LogP contribution in [0.5, 0.6) is 0 Å². The Morgan fingerprint density at radius 1 is 1.10 bits per heavy atom. The van der Waals surface area contributed by atoms with Crippen LogP contribution in [0.3, 0.4) is 0 Å². The standard InChI is InChI=1S/C13H17N5O2S/c19-21(20,17-8-4-5-9-17)11-10-18-15-13(14-16-18)12-6-2-1-3-7-12/h1-3,6-7H,4-5,8-11H2. The minimum absolute atomic E-state index is 0.0115. The molecule has 1 aromatic heterocycles. The molecule has 1 saturated heterocycles. The molecule has 0 amide bonds. The van der Waals surface area contributed by atoms with Crippen LogP contribution in [0.4, 0.5) is 0 Å². The molecule has 112 valence electrons. The molecule has 0 aliphatic carbocycles. The number of sulfonamides is 1. The summed E-state index contributed by atoms with van der Waals surface area (Å²) in [5.41, 5.74) is 0.867. The van der Waals surface area contributed by atoms with Crippen LogP contribution in [0.1, 0.15) is 12.8 Å². The van der Waals surface area contributed by atoms with Gasteiger partial charge in [0.25, 0.3) is 0 Å². The Morgan fingerprint density at radius 2 is 1.81 bits per heavy atom. The quantitative estimate of drug-likeness (QED) is 0.815. The van der Waals surface area contributed by atoms with E-state index in [0.29, 0.717) is 18.9 Å². The summed E-state index contributed by atoms with van der Waals surface area (Å²) in [6.07, 6.45) is 1.89. The largest absolute Gasteiger partial charge is 0.215 e. The number of benzene rings is 1. The number of rotatable bonds is 5. The average molecular weight is 307 g/mol. The van der Waals surface area contributed by atoms with Gasteiger partial charge in [-0.2, -0.15) is 4.80 Å². The highest BCUT2D eigenvalue weighted by Gasteiger charge is 2.25. The molecule has 0 saturated carbocycles. The Hall–Kier alpha value is -1.80. The first-order chi connectivity index (χ1) is 10.1. The topological polar surface area (TPSA) is 81.0 Å². The molecular formula is C13H17N5O2S.